The summed E-state index contributed by atoms with van der Waals surface area (Å²) in [7, 11) is -3.60. The molecule has 1 aliphatic heterocycles. The zero-order valence-electron chi connectivity index (χ0n) is 10.1. The van der Waals surface area contributed by atoms with Crippen molar-refractivity contribution in [3.05, 3.63) is 24.3 Å². The van der Waals surface area contributed by atoms with Gasteiger partial charge in [-0.15, -0.1) is 4.40 Å². The summed E-state index contributed by atoms with van der Waals surface area (Å²) in [6, 6.07) is 6.06. The van der Waals surface area contributed by atoms with Crippen molar-refractivity contribution >= 4 is 22.0 Å². The summed E-state index contributed by atoms with van der Waals surface area (Å²) in [5.74, 6) is 0. The van der Waals surface area contributed by atoms with Crippen LogP contribution in [0.4, 0.5) is 5.69 Å². The first-order chi connectivity index (χ1) is 8.58. The van der Waals surface area contributed by atoms with Crippen molar-refractivity contribution < 1.29 is 8.42 Å². The summed E-state index contributed by atoms with van der Waals surface area (Å²) in [5, 5.41) is 0. The van der Waals surface area contributed by atoms with E-state index in [9.17, 15) is 8.42 Å². The number of nitrogens with zero attached hydrogens (tertiary/aromatic N) is 2. The van der Waals surface area contributed by atoms with Gasteiger partial charge in [-0.3, -0.25) is 0 Å². The fourth-order valence-corrected chi connectivity index (χ4v) is 2.72. The Labute approximate surface area is 107 Å². The minimum Gasteiger partial charge on any atom is -0.399 e. The summed E-state index contributed by atoms with van der Waals surface area (Å²) >= 11 is 0. The van der Waals surface area contributed by atoms with Gasteiger partial charge in [0.2, 0.25) is 0 Å². The molecule has 18 heavy (non-hydrogen) atoms. The molecule has 6 heteroatoms. The van der Waals surface area contributed by atoms with Crippen LogP contribution in [0.25, 0.3) is 0 Å². The highest BCUT2D eigenvalue weighted by Gasteiger charge is 2.13. The molecule has 0 aromatic heterocycles. The number of nitrogen functional groups attached to an aromatic ring is 1. The van der Waals surface area contributed by atoms with E-state index in [0.717, 1.165) is 25.9 Å². The second kappa shape index (κ2) is 5.39. The van der Waals surface area contributed by atoms with Gasteiger partial charge in [0.1, 0.15) is 6.34 Å². The van der Waals surface area contributed by atoms with Gasteiger partial charge in [-0.1, -0.05) is 0 Å². The molecule has 0 atom stereocenters. The fourth-order valence-electron chi connectivity index (χ4n) is 1.86. The zero-order valence-corrected chi connectivity index (χ0v) is 10.9. The van der Waals surface area contributed by atoms with Crippen LogP contribution in [0, 0.1) is 0 Å². The molecule has 1 aliphatic rings. The summed E-state index contributed by atoms with van der Waals surface area (Å²) in [6.45, 7) is 1.75. The Morgan fingerprint density at radius 2 is 1.72 bits per heavy atom. The second-order valence-electron chi connectivity index (χ2n) is 4.36. The number of piperidine rings is 1. The molecule has 2 rings (SSSR count). The van der Waals surface area contributed by atoms with Gasteiger partial charge in [0.05, 0.1) is 4.90 Å². The van der Waals surface area contributed by atoms with Crippen LogP contribution < -0.4 is 5.73 Å². The maximum Gasteiger partial charge on any atom is 0.283 e. The Morgan fingerprint density at radius 3 is 2.33 bits per heavy atom. The van der Waals surface area contributed by atoms with Gasteiger partial charge in [0.25, 0.3) is 10.0 Å². The molecule has 98 valence electrons. The molecule has 1 aromatic rings. The molecule has 1 saturated heterocycles. The molecule has 0 unspecified atom stereocenters. The number of anilines is 1. The Bertz CT molecular complexity index is 517. The fraction of sp³-hybridized carbons (Fsp3) is 0.417. The van der Waals surface area contributed by atoms with Crippen LogP contribution in [0.5, 0.6) is 0 Å². The van der Waals surface area contributed by atoms with Crippen LogP contribution >= 0.6 is 0 Å². The second-order valence-corrected chi connectivity index (χ2v) is 5.99. The number of sulfonamides is 1. The van der Waals surface area contributed by atoms with Crippen LogP contribution in [-0.2, 0) is 10.0 Å². The number of hydrogen-bond donors (Lipinski definition) is 1. The number of benzene rings is 1. The van der Waals surface area contributed by atoms with E-state index >= 15 is 0 Å². The first-order valence-corrected chi connectivity index (χ1v) is 7.42. The molecule has 2 N–H and O–H groups in total. The van der Waals surface area contributed by atoms with Crippen molar-refractivity contribution in [1.29, 1.82) is 0 Å². The number of hydrogen-bond acceptors (Lipinski definition) is 3. The minimum atomic E-state index is -3.60. The smallest absolute Gasteiger partial charge is 0.283 e. The lowest BCUT2D eigenvalue weighted by atomic mass is 10.1. The molecule has 0 aliphatic carbocycles. The van der Waals surface area contributed by atoms with E-state index in [-0.39, 0.29) is 4.90 Å². The molecule has 1 heterocycles. The van der Waals surface area contributed by atoms with Crippen LogP contribution in [0.1, 0.15) is 19.3 Å². The van der Waals surface area contributed by atoms with Crippen molar-refractivity contribution in [2.75, 3.05) is 18.8 Å². The van der Waals surface area contributed by atoms with E-state index in [4.69, 9.17) is 5.73 Å². The van der Waals surface area contributed by atoms with Crippen LogP contribution in [-0.4, -0.2) is 32.7 Å². The molecule has 0 bridgehead atoms. The third-order valence-electron chi connectivity index (χ3n) is 2.92. The molecule has 5 nitrogen and oxygen atoms in total. The van der Waals surface area contributed by atoms with Gasteiger partial charge < -0.3 is 10.6 Å². The van der Waals surface area contributed by atoms with E-state index in [1.54, 1.807) is 12.1 Å². The molecule has 1 fully saturated rings. The molecule has 0 radical (unpaired) electrons. The standard InChI is InChI=1S/C12H17N3O2S/c13-11-4-6-12(7-5-11)18(16,17)14-10-15-8-2-1-3-9-15/h4-7,10H,1-3,8-9,13H2/b14-10+. The third kappa shape index (κ3) is 3.22. The van der Waals surface area contributed by atoms with Gasteiger partial charge in [-0.05, 0) is 43.5 Å². The van der Waals surface area contributed by atoms with Gasteiger partial charge in [0.15, 0.2) is 0 Å². The van der Waals surface area contributed by atoms with Crippen molar-refractivity contribution in [1.82, 2.24) is 4.90 Å². The number of nitrogens with two attached hydrogens (primary N) is 1. The normalized spacial score (nSPS) is 17.2. The van der Waals surface area contributed by atoms with E-state index in [2.05, 4.69) is 4.40 Å². The average Bonchev–Trinajstić information content (AvgIpc) is 2.38. The Kier molecular flexibility index (Phi) is 3.86. The highest BCUT2D eigenvalue weighted by Crippen LogP contribution is 2.14. The molecule has 0 amide bonds. The lowest BCUT2D eigenvalue weighted by Gasteiger charge is -2.23. The lowest BCUT2D eigenvalue weighted by Crippen LogP contribution is -2.28. The Balaban J connectivity index is 2.11. The zero-order chi connectivity index (χ0) is 13.0. The van der Waals surface area contributed by atoms with Crippen molar-refractivity contribution in [3.63, 3.8) is 0 Å². The quantitative estimate of drug-likeness (QED) is 0.511. The maximum atomic E-state index is 11.9. The van der Waals surface area contributed by atoms with E-state index in [1.165, 1.54) is 24.9 Å². The molecule has 0 saturated carbocycles. The SMILES string of the molecule is Nc1ccc(S(=O)(=O)/N=C/N2CCCCC2)cc1. The maximum absolute atomic E-state index is 11.9. The molecule has 1 aromatic carbocycles. The Morgan fingerprint density at radius 1 is 1.11 bits per heavy atom. The minimum absolute atomic E-state index is 0.171. The number of likely N-dealkylation sites (tertiary alicyclic amines) is 1. The first kappa shape index (κ1) is 12.9. The lowest BCUT2D eigenvalue weighted by molar-refractivity contribution is 0.351. The molecular weight excluding hydrogens is 250 g/mol. The summed E-state index contributed by atoms with van der Waals surface area (Å²) in [4.78, 5) is 2.11. The largest absolute Gasteiger partial charge is 0.399 e. The predicted octanol–water partition coefficient (Wildman–Crippen LogP) is 1.47. The molecule has 0 spiro atoms. The third-order valence-corrected chi connectivity index (χ3v) is 4.16. The van der Waals surface area contributed by atoms with Crippen LogP contribution in [0.2, 0.25) is 0 Å². The number of rotatable bonds is 3. The Hall–Kier alpha value is -1.56. The van der Waals surface area contributed by atoms with Gasteiger partial charge >= 0.3 is 0 Å². The van der Waals surface area contributed by atoms with E-state index < -0.39 is 10.0 Å². The van der Waals surface area contributed by atoms with Crippen LogP contribution in [0.3, 0.4) is 0 Å². The van der Waals surface area contributed by atoms with Crippen LogP contribution in [0.15, 0.2) is 33.6 Å². The van der Waals surface area contributed by atoms with Gasteiger partial charge in [0, 0.05) is 18.8 Å². The van der Waals surface area contributed by atoms with Crippen molar-refractivity contribution in [2.24, 2.45) is 4.40 Å². The monoisotopic (exact) mass is 267 g/mol. The molecular formula is C12H17N3O2S. The van der Waals surface area contributed by atoms with E-state index in [0.29, 0.717) is 5.69 Å². The highest BCUT2D eigenvalue weighted by atomic mass is 32.2. The average molecular weight is 267 g/mol. The van der Waals surface area contributed by atoms with E-state index in [1.807, 2.05) is 4.90 Å². The summed E-state index contributed by atoms with van der Waals surface area (Å²) in [5.41, 5.74) is 6.06. The highest BCUT2D eigenvalue weighted by molar-refractivity contribution is 7.90. The van der Waals surface area contributed by atoms with Gasteiger partial charge in [-0.25, -0.2) is 0 Å². The first-order valence-electron chi connectivity index (χ1n) is 5.98. The summed E-state index contributed by atoms with van der Waals surface area (Å²) < 4.78 is 27.6. The summed E-state index contributed by atoms with van der Waals surface area (Å²) in [6.07, 6.45) is 4.82. The van der Waals surface area contributed by atoms with Gasteiger partial charge in [-0.2, -0.15) is 8.42 Å². The van der Waals surface area contributed by atoms with Crippen molar-refractivity contribution in [2.45, 2.75) is 24.2 Å². The topological polar surface area (TPSA) is 75.8 Å². The predicted molar refractivity (Wildman–Crippen MR) is 72.0 cm³/mol. The van der Waals surface area contributed by atoms with Crippen molar-refractivity contribution in [3.8, 4) is 0 Å².